The highest BCUT2D eigenvalue weighted by Gasteiger charge is 2.40. The Bertz CT molecular complexity index is 539. The summed E-state index contributed by atoms with van der Waals surface area (Å²) in [4.78, 5) is 16.4. The molecule has 2 rings (SSSR count). The number of hydrogen-bond donors (Lipinski definition) is 2. The van der Waals surface area contributed by atoms with E-state index in [-0.39, 0.29) is 29.6 Å². The summed E-state index contributed by atoms with van der Waals surface area (Å²) in [6.45, 7) is 24.3. The van der Waals surface area contributed by atoms with Crippen LogP contribution in [0.25, 0.3) is 0 Å². The van der Waals surface area contributed by atoms with Crippen molar-refractivity contribution in [1.29, 1.82) is 0 Å². The average Bonchev–Trinajstić information content (AvgIpc) is 2.58. The van der Waals surface area contributed by atoms with Crippen molar-refractivity contribution in [1.82, 2.24) is 20.4 Å². The van der Waals surface area contributed by atoms with Gasteiger partial charge in [0.25, 0.3) is 0 Å². The Morgan fingerprint density at radius 3 is 1.36 bits per heavy atom. The molecule has 0 aromatic heterocycles. The third-order valence-corrected chi connectivity index (χ3v) is 7.23. The van der Waals surface area contributed by atoms with Gasteiger partial charge in [0.05, 0.1) is 0 Å². The van der Waals surface area contributed by atoms with Gasteiger partial charge in [0.1, 0.15) is 0 Å². The quantitative estimate of drug-likeness (QED) is 0.304. The lowest BCUT2D eigenvalue weighted by atomic mass is 9.79. The molecular weight excluding hydrogens is 408 g/mol. The van der Waals surface area contributed by atoms with E-state index in [1.807, 2.05) is 0 Å². The van der Waals surface area contributed by atoms with Gasteiger partial charge in [-0.25, -0.2) is 0 Å². The van der Waals surface area contributed by atoms with Gasteiger partial charge >= 0.3 is 0 Å². The molecule has 2 fully saturated rings. The van der Waals surface area contributed by atoms with E-state index in [0.717, 1.165) is 51.6 Å². The average molecular weight is 465 g/mol. The number of unbranched alkanes of at least 4 members (excludes halogenated alkanes) is 3. The monoisotopic (exact) mass is 464 g/mol. The number of carbonyl (C=O) groups is 1. The van der Waals surface area contributed by atoms with Crippen LogP contribution in [0, 0.1) is 0 Å². The lowest BCUT2D eigenvalue weighted by molar-refractivity contribution is -0.122. The van der Waals surface area contributed by atoms with Gasteiger partial charge in [-0.3, -0.25) is 4.79 Å². The third-order valence-electron chi connectivity index (χ3n) is 7.23. The van der Waals surface area contributed by atoms with E-state index in [1.54, 1.807) is 0 Å². The summed E-state index contributed by atoms with van der Waals surface area (Å²) in [6, 6.07) is 0.887. The number of nitrogens with one attached hydrogen (secondary N) is 2. The van der Waals surface area contributed by atoms with Crippen LogP contribution in [0.15, 0.2) is 12.8 Å². The molecular formula is C28H56N4O. The summed E-state index contributed by atoms with van der Waals surface area (Å²) in [7, 11) is 0. The predicted octanol–water partition coefficient (Wildman–Crippen LogP) is 5.71. The van der Waals surface area contributed by atoms with Crippen molar-refractivity contribution in [2.75, 3.05) is 13.1 Å². The highest BCUT2D eigenvalue weighted by Crippen LogP contribution is 2.33. The number of hydrogen-bond acceptors (Lipinski definition) is 4. The molecule has 2 saturated heterocycles. The zero-order valence-electron chi connectivity index (χ0n) is 22.4. The molecule has 2 N–H and O–H groups in total. The van der Waals surface area contributed by atoms with Gasteiger partial charge in [-0.1, -0.05) is 26.8 Å². The van der Waals surface area contributed by atoms with Crippen molar-refractivity contribution in [2.24, 2.45) is 0 Å². The Morgan fingerprint density at radius 2 is 1.03 bits per heavy atom. The first kappa shape index (κ1) is 30.0. The molecule has 5 heteroatoms. The molecule has 2 aliphatic heterocycles. The fraction of sp³-hybridized carbons (Fsp3) is 0.893. The number of rotatable bonds is 11. The van der Waals surface area contributed by atoms with E-state index in [0.29, 0.717) is 12.1 Å². The molecule has 0 spiro atoms. The topological polar surface area (TPSA) is 47.6 Å². The van der Waals surface area contributed by atoms with Gasteiger partial charge in [0, 0.05) is 47.3 Å². The number of piperidine rings is 2. The molecule has 0 aliphatic carbocycles. The second-order valence-electron chi connectivity index (χ2n) is 13.1. The molecule has 33 heavy (non-hydrogen) atoms. The lowest BCUT2D eigenvalue weighted by Gasteiger charge is -2.49. The SMILES string of the molecule is C.C=CN(CCCCCCN(C=O)C1CC(C)(C)NC(C)(C)C1)C1CC(C)(C)NC(C)(C)C1. The molecule has 0 aromatic rings. The number of carbonyl (C=O) groups excluding carboxylic acids is 1. The van der Waals surface area contributed by atoms with Crippen LogP contribution in [0.3, 0.4) is 0 Å². The van der Waals surface area contributed by atoms with Crippen LogP contribution in [0.1, 0.15) is 114 Å². The number of nitrogens with zero attached hydrogens (tertiary/aromatic N) is 2. The smallest absolute Gasteiger partial charge is 0.209 e. The van der Waals surface area contributed by atoms with Crippen LogP contribution < -0.4 is 10.6 Å². The van der Waals surface area contributed by atoms with E-state index in [1.165, 1.54) is 19.3 Å². The maximum atomic E-state index is 11.8. The largest absolute Gasteiger partial charge is 0.375 e. The highest BCUT2D eigenvalue weighted by molar-refractivity contribution is 5.48. The van der Waals surface area contributed by atoms with Crippen molar-refractivity contribution >= 4 is 6.41 Å². The predicted molar refractivity (Wildman–Crippen MR) is 144 cm³/mol. The number of amides is 1. The Balaban J connectivity index is 0.00000544. The molecule has 2 aliphatic rings. The summed E-state index contributed by atoms with van der Waals surface area (Å²) in [5.41, 5.74) is 0.451. The van der Waals surface area contributed by atoms with E-state index < -0.39 is 0 Å². The van der Waals surface area contributed by atoms with E-state index in [9.17, 15) is 4.79 Å². The van der Waals surface area contributed by atoms with Crippen molar-refractivity contribution in [3.63, 3.8) is 0 Å². The van der Waals surface area contributed by atoms with Crippen molar-refractivity contribution in [3.05, 3.63) is 12.8 Å². The summed E-state index contributed by atoms with van der Waals surface area (Å²) in [5, 5.41) is 7.50. The zero-order chi connectivity index (χ0) is 24.2. The van der Waals surface area contributed by atoms with Crippen LogP contribution in [0.4, 0.5) is 0 Å². The van der Waals surface area contributed by atoms with E-state index >= 15 is 0 Å². The highest BCUT2D eigenvalue weighted by atomic mass is 16.1. The minimum absolute atomic E-state index is 0. The second-order valence-corrected chi connectivity index (χ2v) is 13.1. The van der Waals surface area contributed by atoms with Crippen LogP contribution in [0.5, 0.6) is 0 Å². The molecule has 0 aromatic carbocycles. The Kier molecular flexibility index (Phi) is 10.5. The lowest BCUT2D eigenvalue weighted by Crippen LogP contribution is -2.62. The Hall–Kier alpha value is -1.07. The minimum Gasteiger partial charge on any atom is -0.375 e. The van der Waals surface area contributed by atoms with Crippen LogP contribution in [-0.4, -0.2) is 63.5 Å². The van der Waals surface area contributed by atoms with Crippen LogP contribution in [-0.2, 0) is 4.79 Å². The molecule has 1 amide bonds. The Labute approximate surface area is 206 Å². The molecule has 194 valence electrons. The fourth-order valence-corrected chi connectivity index (χ4v) is 6.69. The molecule has 0 unspecified atom stereocenters. The van der Waals surface area contributed by atoms with Crippen LogP contribution >= 0.6 is 0 Å². The molecule has 5 nitrogen and oxygen atoms in total. The minimum atomic E-state index is 0. The molecule has 0 atom stereocenters. The van der Waals surface area contributed by atoms with E-state index in [4.69, 9.17) is 0 Å². The van der Waals surface area contributed by atoms with Crippen molar-refractivity contribution < 1.29 is 4.79 Å². The van der Waals surface area contributed by atoms with Gasteiger partial charge in [-0.2, -0.15) is 0 Å². The summed E-state index contributed by atoms with van der Waals surface area (Å²) in [5.74, 6) is 0. The van der Waals surface area contributed by atoms with Crippen molar-refractivity contribution in [3.8, 4) is 0 Å². The van der Waals surface area contributed by atoms with Crippen molar-refractivity contribution in [2.45, 2.75) is 148 Å². The normalized spacial score (nSPS) is 23.9. The first-order valence-electron chi connectivity index (χ1n) is 12.9. The maximum Gasteiger partial charge on any atom is 0.209 e. The van der Waals surface area contributed by atoms with Gasteiger partial charge in [0.15, 0.2) is 0 Å². The molecule has 2 heterocycles. The third kappa shape index (κ3) is 9.60. The van der Waals surface area contributed by atoms with Gasteiger partial charge < -0.3 is 20.4 Å². The first-order chi connectivity index (χ1) is 14.7. The standard InChI is InChI=1S/C27H52N4O.CH4/c1-10-30(22-17-24(2,3)28-25(4,5)18-22)15-13-11-12-14-16-31(21-32)23-19-26(6,7)29-27(8,9)20-23;/h10,21-23,28-29H,1,11-20H2,2-9H3;1H4. The van der Waals surface area contributed by atoms with Gasteiger partial charge in [0.2, 0.25) is 6.41 Å². The van der Waals surface area contributed by atoms with Gasteiger partial charge in [-0.05, 0) is 100 Å². The molecule has 0 bridgehead atoms. The second kappa shape index (κ2) is 11.6. The molecule has 0 saturated carbocycles. The summed E-state index contributed by atoms with van der Waals surface area (Å²) >= 11 is 0. The Morgan fingerprint density at radius 1 is 0.697 bits per heavy atom. The van der Waals surface area contributed by atoms with Crippen LogP contribution in [0.2, 0.25) is 0 Å². The maximum absolute atomic E-state index is 11.8. The summed E-state index contributed by atoms with van der Waals surface area (Å²) in [6.07, 6.45) is 12.1. The van der Waals surface area contributed by atoms with Gasteiger partial charge in [-0.15, -0.1) is 0 Å². The molecule has 0 radical (unpaired) electrons. The summed E-state index contributed by atoms with van der Waals surface area (Å²) < 4.78 is 0. The fourth-order valence-electron chi connectivity index (χ4n) is 6.69. The van der Waals surface area contributed by atoms with E-state index in [2.05, 4.69) is 88.6 Å². The zero-order valence-corrected chi connectivity index (χ0v) is 22.4. The first-order valence-corrected chi connectivity index (χ1v) is 12.9.